The first-order valence-electron chi connectivity index (χ1n) is 4.75. The zero-order valence-corrected chi connectivity index (χ0v) is 10.3. The van der Waals surface area contributed by atoms with Crippen LogP contribution in [0.15, 0.2) is 10.9 Å². The maximum absolute atomic E-state index is 11.7. The predicted molar refractivity (Wildman–Crippen MR) is 66.8 cm³/mol. The summed E-state index contributed by atoms with van der Waals surface area (Å²) in [6, 6.07) is 1.94. The molecular weight excluding hydrogens is 228 g/mol. The lowest BCUT2D eigenvalue weighted by Crippen LogP contribution is -2.09. The van der Waals surface area contributed by atoms with E-state index in [1.807, 2.05) is 12.3 Å². The van der Waals surface area contributed by atoms with Crippen molar-refractivity contribution in [3.05, 3.63) is 27.1 Å². The molecule has 0 aliphatic heterocycles. The number of nitrogens with zero attached hydrogens (tertiary/aromatic N) is 1. The van der Waals surface area contributed by atoms with Crippen molar-refractivity contribution in [2.45, 2.75) is 19.1 Å². The second-order valence-corrected chi connectivity index (χ2v) is 5.21. The molecule has 1 N–H and O–H groups in total. The second kappa shape index (κ2) is 4.37. The molecule has 0 amide bonds. The Morgan fingerprint density at radius 2 is 2.40 bits per heavy atom. The minimum atomic E-state index is -0.0139. The van der Waals surface area contributed by atoms with Crippen molar-refractivity contribution in [3.63, 3.8) is 0 Å². The summed E-state index contributed by atoms with van der Waals surface area (Å²) in [5.41, 5.74) is -0.0139. The number of aromatic amines is 1. The molecule has 2 aromatic rings. The summed E-state index contributed by atoms with van der Waals surface area (Å²) in [6.07, 6.45) is 2.95. The van der Waals surface area contributed by atoms with Crippen LogP contribution in [0.4, 0.5) is 0 Å². The number of aromatic nitrogens is 2. The van der Waals surface area contributed by atoms with E-state index in [0.29, 0.717) is 0 Å². The fraction of sp³-hybridized carbons (Fsp3) is 0.400. The van der Waals surface area contributed by atoms with E-state index in [1.165, 1.54) is 4.88 Å². The number of thiophene rings is 1. The molecule has 3 nitrogen and oxygen atoms in total. The Hall–Kier alpha value is -0.810. The van der Waals surface area contributed by atoms with E-state index in [1.54, 1.807) is 23.1 Å². The van der Waals surface area contributed by atoms with Crippen LogP contribution in [-0.4, -0.2) is 16.2 Å². The van der Waals surface area contributed by atoms with Gasteiger partial charge in [0.2, 0.25) is 0 Å². The molecule has 15 heavy (non-hydrogen) atoms. The van der Waals surface area contributed by atoms with Gasteiger partial charge in [-0.1, -0.05) is 6.92 Å². The maximum Gasteiger partial charge on any atom is 0.259 e. The topological polar surface area (TPSA) is 45.8 Å². The summed E-state index contributed by atoms with van der Waals surface area (Å²) in [7, 11) is 0. The molecular formula is C10H12N2OS2. The second-order valence-electron chi connectivity index (χ2n) is 3.23. The van der Waals surface area contributed by atoms with Crippen LogP contribution in [0.3, 0.4) is 0 Å². The normalized spacial score (nSPS) is 11.1. The molecule has 2 heterocycles. The molecule has 0 saturated heterocycles. The lowest BCUT2D eigenvalue weighted by atomic mass is 10.3. The number of hydrogen-bond acceptors (Lipinski definition) is 4. The summed E-state index contributed by atoms with van der Waals surface area (Å²) in [6.45, 7) is 2.09. The van der Waals surface area contributed by atoms with Crippen LogP contribution in [-0.2, 0) is 12.2 Å². The Kier molecular flexibility index (Phi) is 3.11. The zero-order chi connectivity index (χ0) is 10.8. The van der Waals surface area contributed by atoms with Gasteiger partial charge in [-0.15, -0.1) is 11.3 Å². The molecule has 0 spiro atoms. The van der Waals surface area contributed by atoms with Gasteiger partial charge in [0, 0.05) is 4.88 Å². The van der Waals surface area contributed by atoms with Crippen LogP contribution in [0.5, 0.6) is 0 Å². The van der Waals surface area contributed by atoms with Crippen molar-refractivity contribution in [2.75, 3.05) is 6.26 Å². The number of hydrogen-bond donors (Lipinski definition) is 1. The van der Waals surface area contributed by atoms with E-state index in [9.17, 15) is 4.79 Å². The van der Waals surface area contributed by atoms with E-state index >= 15 is 0 Å². The number of rotatable bonds is 3. The predicted octanol–water partition coefficient (Wildman–Crippen LogP) is 2.41. The van der Waals surface area contributed by atoms with Gasteiger partial charge in [0.1, 0.15) is 10.7 Å². The summed E-state index contributed by atoms with van der Waals surface area (Å²) >= 11 is 3.27. The lowest BCUT2D eigenvalue weighted by molar-refractivity contribution is 1.05. The molecule has 0 saturated carbocycles. The van der Waals surface area contributed by atoms with E-state index in [2.05, 4.69) is 16.9 Å². The summed E-state index contributed by atoms with van der Waals surface area (Å²) < 4.78 is 0. The van der Waals surface area contributed by atoms with Gasteiger partial charge in [0.25, 0.3) is 5.56 Å². The summed E-state index contributed by atoms with van der Waals surface area (Å²) in [5, 5.41) is 0.724. The van der Waals surface area contributed by atoms with Gasteiger partial charge >= 0.3 is 0 Å². The van der Waals surface area contributed by atoms with Crippen LogP contribution in [0.25, 0.3) is 10.2 Å². The van der Waals surface area contributed by atoms with Crippen molar-refractivity contribution in [1.29, 1.82) is 0 Å². The third-order valence-electron chi connectivity index (χ3n) is 2.13. The third-order valence-corrected chi connectivity index (χ3v) is 3.87. The average molecular weight is 240 g/mol. The minimum absolute atomic E-state index is 0.0139. The molecule has 0 atom stereocenters. The van der Waals surface area contributed by atoms with Gasteiger partial charge in [-0.3, -0.25) is 4.79 Å². The largest absolute Gasteiger partial charge is 0.309 e. The monoisotopic (exact) mass is 240 g/mol. The first-order chi connectivity index (χ1) is 7.24. The fourth-order valence-corrected chi connectivity index (χ4v) is 2.80. The van der Waals surface area contributed by atoms with Gasteiger partial charge in [-0.05, 0) is 18.7 Å². The quantitative estimate of drug-likeness (QED) is 0.896. The highest BCUT2D eigenvalue weighted by molar-refractivity contribution is 7.97. The van der Waals surface area contributed by atoms with Crippen molar-refractivity contribution in [1.82, 2.24) is 9.97 Å². The van der Waals surface area contributed by atoms with Gasteiger partial charge in [0.15, 0.2) is 0 Å². The Labute approximate surface area is 95.9 Å². The number of H-pyrrole nitrogens is 1. The number of fused-ring (bicyclic) bond motifs is 1. The molecule has 0 unspecified atom stereocenters. The molecule has 0 bridgehead atoms. The highest BCUT2D eigenvalue weighted by atomic mass is 32.2. The summed E-state index contributed by atoms with van der Waals surface area (Å²) in [4.78, 5) is 21.0. The Morgan fingerprint density at radius 1 is 1.60 bits per heavy atom. The average Bonchev–Trinajstić information content (AvgIpc) is 2.62. The number of aryl methyl sites for hydroxylation is 1. The molecule has 0 aliphatic rings. The molecule has 0 fully saturated rings. The van der Waals surface area contributed by atoms with E-state index in [0.717, 1.165) is 28.2 Å². The molecule has 2 rings (SSSR count). The third kappa shape index (κ3) is 2.08. The van der Waals surface area contributed by atoms with E-state index in [-0.39, 0.29) is 5.56 Å². The van der Waals surface area contributed by atoms with Gasteiger partial charge in [-0.2, -0.15) is 11.8 Å². The van der Waals surface area contributed by atoms with Crippen molar-refractivity contribution in [2.24, 2.45) is 0 Å². The lowest BCUT2D eigenvalue weighted by Gasteiger charge is -1.96. The Balaban J connectivity index is 2.60. The van der Waals surface area contributed by atoms with Crippen LogP contribution >= 0.6 is 23.1 Å². The minimum Gasteiger partial charge on any atom is -0.309 e. The van der Waals surface area contributed by atoms with Gasteiger partial charge in [0.05, 0.1) is 11.1 Å². The van der Waals surface area contributed by atoms with Crippen LogP contribution in [0.2, 0.25) is 0 Å². The van der Waals surface area contributed by atoms with Crippen molar-refractivity contribution < 1.29 is 0 Å². The Morgan fingerprint density at radius 3 is 3.07 bits per heavy atom. The standard InChI is InChI=1S/C10H12N2OS2/c1-3-6-4-7-9(13)11-8(5-14-2)12-10(7)15-6/h4H,3,5H2,1-2H3,(H,11,12,13). The molecule has 0 radical (unpaired) electrons. The zero-order valence-electron chi connectivity index (χ0n) is 8.66. The number of nitrogens with one attached hydrogen (secondary N) is 1. The van der Waals surface area contributed by atoms with E-state index in [4.69, 9.17) is 0 Å². The Bertz CT molecular complexity index is 530. The SMILES string of the molecule is CCc1cc2c(=O)[nH]c(CSC)nc2s1. The highest BCUT2D eigenvalue weighted by Crippen LogP contribution is 2.21. The smallest absolute Gasteiger partial charge is 0.259 e. The number of thioether (sulfide) groups is 1. The molecule has 0 aliphatic carbocycles. The first-order valence-corrected chi connectivity index (χ1v) is 6.96. The van der Waals surface area contributed by atoms with Crippen LogP contribution in [0.1, 0.15) is 17.6 Å². The molecule has 2 aromatic heterocycles. The summed E-state index contributed by atoms with van der Waals surface area (Å²) in [5.74, 6) is 1.52. The van der Waals surface area contributed by atoms with E-state index < -0.39 is 0 Å². The first kappa shape index (κ1) is 10.7. The maximum atomic E-state index is 11.7. The molecule has 5 heteroatoms. The van der Waals surface area contributed by atoms with Crippen LogP contribution < -0.4 is 5.56 Å². The van der Waals surface area contributed by atoms with Crippen molar-refractivity contribution in [3.8, 4) is 0 Å². The molecule has 0 aromatic carbocycles. The fourth-order valence-electron chi connectivity index (χ4n) is 1.41. The van der Waals surface area contributed by atoms with Crippen LogP contribution in [0, 0.1) is 0 Å². The molecule has 80 valence electrons. The van der Waals surface area contributed by atoms with Gasteiger partial charge < -0.3 is 4.98 Å². The van der Waals surface area contributed by atoms with Gasteiger partial charge in [-0.25, -0.2) is 4.98 Å². The van der Waals surface area contributed by atoms with Crippen molar-refractivity contribution >= 4 is 33.3 Å². The highest BCUT2D eigenvalue weighted by Gasteiger charge is 2.07.